The summed E-state index contributed by atoms with van der Waals surface area (Å²) in [5.41, 5.74) is 0.931. The number of carboxylic acids is 1. The average molecular weight is 277 g/mol. The highest BCUT2D eigenvalue weighted by Crippen LogP contribution is 2.32. The lowest BCUT2D eigenvalue weighted by molar-refractivity contribution is -0.142. The van der Waals surface area contributed by atoms with Gasteiger partial charge in [0.2, 0.25) is 0 Å². The zero-order valence-corrected chi connectivity index (χ0v) is 11.4. The number of anilines is 1. The van der Waals surface area contributed by atoms with Gasteiger partial charge in [0.25, 0.3) is 0 Å². The molecule has 100 valence electrons. The highest BCUT2D eigenvalue weighted by molar-refractivity contribution is 7.17. The van der Waals surface area contributed by atoms with Gasteiger partial charge in [0, 0.05) is 13.1 Å². The first-order valence-corrected chi connectivity index (χ1v) is 7.19. The molecule has 1 saturated heterocycles. The summed E-state index contributed by atoms with van der Waals surface area (Å²) in [5.74, 6) is 0.208. The van der Waals surface area contributed by atoms with Crippen molar-refractivity contribution in [3.8, 4) is 0 Å². The van der Waals surface area contributed by atoms with E-state index in [2.05, 4.69) is 21.8 Å². The zero-order chi connectivity index (χ0) is 13.4. The predicted molar refractivity (Wildman–Crippen MR) is 74.5 cm³/mol. The first kappa shape index (κ1) is 12.3. The molecule has 2 aromatic heterocycles. The Morgan fingerprint density at radius 3 is 3.11 bits per heavy atom. The number of aromatic nitrogens is 2. The number of carbonyl (C=O) groups is 1. The highest BCUT2D eigenvalue weighted by Gasteiger charge is 2.30. The maximum absolute atomic E-state index is 11.2. The van der Waals surface area contributed by atoms with E-state index in [-0.39, 0.29) is 5.92 Å². The van der Waals surface area contributed by atoms with E-state index in [0.29, 0.717) is 12.5 Å². The third-order valence-corrected chi connectivity index (χ3v) is 4.43. The Morgan fingerprint density at radius 2 is 2.32 bits per heavy atom. The van der Waals surface area contributed by atoms with Crippen molar-refractivity contribution in [1.82, 2.24) is 9.97 Å². The quantitative estimate of drug-likeness (QED) is 0.912. The molecule has 3 rings (SSSR count). The fourth-order valence-electron chi connectivity index (χ4n) is 2.70. The van der Waals surface area contributed by atoms with Crippen LogP contribution in [-0.4, -0.2) is 34.1 Å². The van der Waals surface area contributed by atoms with Crippen LogP contribution in [0, 0.1) is 11.8 Å². The van der Waals surface area contributed by atoms with Crippen LogP contribution < -0.4 is 4.90 Å². The van der Waals surface area contributed by atoms with E-state index in [9.17, 15) is 9.90 Å². The van der Waals surface area contributed by atoms with E-state index in [1.54, 1.807) is 17.7 Å². The van der Waals surface area contributed by atoms with E-state index >= 15 is 0 Å². The molecule has 0 radical (unpaired) electrons. The molecule has 2 atom stereocenters. The van der Waals surface area contributed by atoms with Crippen LogP contribution in [0.2, 0.25) is 0 Å². The van der Waals surface area contributed by atoms with Gasteiger partial charge in [-0.1, -0.05) is 6.92 Å². The Hall–Kier alpha value is -1.69. The lowest BCUT2D eigenvalue weighted by Gasteiger charge is -2.35. The summed E-state index contributed by atoms with van der Waals surface area (Å²) < 4.78 is 1.04. The zero-order valence-electron chi connectivity index (χ0n) is 10.6. The number of hydrogen-bond donors (Lipinski definition) is 1. The van der Waals surface area contributed by atoms with Crippen molar-refractivity contribution in [3.05, 3.63) is 17.8 Å². The topological polar surface area (TPSA) is 66.3 Å². The minimum Gasteiger partial charge on any atom is -0.481 e. The molecule has 1 fully saturated rings. The maximum Gasteiger partial charge on any atom is 0.308 e. The Kier molecular flexibility index (Phi) is 3.10. The number of hydrogen-bond acceptors (Lipinski definition) is 5. The van der Waals surface area contributed by atoms with Crippen molar-refractivity contribution >= 4 is 33.3 Å². The van der Waals surface area contributed by atoms with E-state index < -0.39 is 5.97 Å². The molecule has 0 aromatic carbocycles. The molecule has 0 saturated carbocycles. The number of carboxylic acid groups (broad SMARTS) is 1. The average Bonchev–Trinajstić information content (AvgIpc) is 2.85. The van der Waals surface area contributed by atoms with Gasteiger partial charge in [0.15, 0.2) is 0 Å². The van der Waals surface area contributed by atoms with Crippen LogP contribution in [0.15, 0.2) is 17.8 Å². The number of fused-ring (bicyclic) bond motifs is 1. The van der Waals surface area contributed by atoms with Crippen LogP contribution in [0.5, 0.6) is 0 Å². The molecule has 2 unspecified atom stereocenters. The van der Waals surface area contributed by atoms with Gasteiger partial charge >= 0.3 is 5.97 Å². The monoisotopic (exact) mass is 277 g/mol. The number of thiophene rings is 1. The number of rotatable bonds is 2. The molecule has 5 nitrogen and oxygen atoms in total. The summed E-state index contributed by atoms with van der Waals surface area (Å²) in [4.78, 5) is 21.9. The lowest BCUT2D eigenvalue weighted by Crippen LogP contribution is -2.43. The van der Waals surface area contributed by atoms with Gasteiger partial charge in [0.05, 0.1) is 16.1 Å². The molecule has 1 aliphatic rings. The molecule has 0 amide bonds. The Labute approximate surface area is 114 Å². The van der Waals surface area contributed by atoms with Crippen molar-refractivity contribution in [3.63, 3.8) is 0 Å². The number of piperidine rings is 1. The minimum absolute atomic E-state index is 0.311. The summed E-state index contributed by atoms with van der Waals surface area (Å²) in [6.45, 7) is 3.48. The summed E-state index contributed by atoms with van der Waals surface area (Å²) in [6.07, 6.45) is 2.30. The summed E-state index contributed by atoms with van der Waals surface area (Å²) in [6, 6.07) is 1.97. The number of aliphatic carboxylic acids is 1. The van der Waals surface area contributed by atoms with Gasteiger partial charge in [-0.05, 0) is 23.8 Å². The van der Waals surface area contributed by atoms with Gasteiger partial charge in [-0.3, -0.25) is 4.79 Å². The molecule has 1 N–H and O–H groups in total. The van der Waals surface area contributed by atoms with Gasteiger partial charge in [-0.25, -0.2) is 9.97 Å². The third kappa shape index (κ3) is 2.28. The molecule has 6 heteroatoms. The van der Waals surface area contributed by atoms with Crippen LogP contribution in [0.4, 0.5) is 5.82 Å². The van der Waals surface area contributed by atoms with E-state index in [4.69, 9.17) is 0 Å². The predicted octanol–water partition coefficient (Wildman–Crippen LogP) is 2.24. The van der Waals surface area contributed by atoms with Crippen LogP contribution in [0.1, 0.15) is 13.3 Å². The normalized spacial score (nSPS) is 23.7. The molecule has 0 spiro atoms. The van der Waals surface area contributed by atoms with Crippen molar-refractivity contribution in [2.75, 3.05) is 18.0 Å². The second-order valence-corrected chi connectivity index (χ2v) is 6.03. The number of nitrogens with zero attached hydrogens (tertiary/aromatic N) is 3. The first-order valence-electron chi connectivity index (χ1n) is 6.31. The third-order valence-electron chi connectivity index (χ3n) is 3.53. The molecule has 0 aliphatic carbocycles. The largest absolute Gasteiger partial charge is 0.481 e. The van der Waals surface area contributed by atoms with Crippen molar-refractivity contribution < 1.29 is 9.90 Å². The molecule has 2 aromatic rings. The van der Waals surface area contributed by atoms with Crippen molar-refractivity contribution in [2.24, 2.45) is 11.8 Å². The Morgan fingerprint density at radius 1 is 1.47 bits per heavy atom. The molecular weight excluding hydrogens is 262 g/mol. The summed E-state index contributed by atoms with van der Waals surface area (Å²) in [5, 5.41) is 11.2. The van der Waals surface area contributed by atoms with Gasteiger partial charge in [-0.15, -0.1) is 11.3 Å². The molecule has 3 heterocycles. The minimum atomic E-state index is -0.715. The molecule has 0 bridgehead atoms. The fourth-order valence-corrected chi connectivity index (χ4v) is 3.57. The van der Waals surface area contributed by atoms with Crippen LogP contribution in [0.3, 0.4) is 0 Å². The maximum atomic E-state index is 11.2. The van der Waals surface area contributed by atoms with Crippen molar-refractivity contribution in [1.29, 1.82) is 0 Å². The molecule has 19 heavy (non-hydrogen) atoms. The second-order valence-electron chi connectivity index (χ2n) is 5.11. The Bertz CT molecular complexity index is 613. The SMILES string of the molecule is CC1CC(C(=O)O)CN(c2ncnc3ccsc23)C1. The first-order chi connectivity index (χ1) is 9.15. The fraction of sp³-hybridized carbons (Fsp3) is 0.462. The summed E-state index contributed by atoms with van der Waals surface area (Å²) in [7, 11) is 0. The lowest BCUT2D eigenvalue weighted by atomic mass is 9.90. The van der Waals surface area contributed by atoms with Crippen LogP contribution in [-0.2, 0) is 4.79 Å². The van der Waals surface area contributed by atoms with Crippen molar-refractivity contribution in [2.45, 2.75) is 13.3 Å². The van der Waals surface area contributed by atoms with Crippen LogP contribution >= 0.6 is 11.3 Å². The van der Waals surface area contributed by atoms with Gasteiger partial charge < -0.3 is 10.0 Å². The van der Waals surface area contributed by atoms with Crippen LogP contribution in [0.25, 0.3) is 10.2 Å². The molecule has 1 aliphatic heterocycles. The summed E-state index contributed by atoms with van der Waals surface area (Å²) >= 11 is 1.60. The van der Waals surface area contributed by atoms with E-state index in [1.165, 1.54) is 0 Å². The van der Waals surface area contributed by atoms with Gasteiger partial charge in [-0.2, -0.15) is 0 Å². The smallest absolute Gasteiger partial charge is 0.308 e. The van der Waals surface area contributed by atoms with E-state index in [0.717, 1.165) is 29.0 Å². The second kappa shape index (κ2) is 4.77. The van der Waals surface area contributed by atoms with E-state index in [1.807, 2.05) is 11.4 Å². The Balaban J connectivity index is 1.96. The van der Waals surface area contributed by atoms with Gasteiger partial charge in [0.1, 0.15) is 12.1 Å². The molecular formula is C13H15N3O2S. The standard InChI is InChI=1S/C13H15N3O2S/c1-8-4-9(13(17)18)6-16(5-8)12-11-10(2-3-19-11)14-7-15-12/h2-3,7-9H,4-6H2,1H3,(H,17,18). The highest BCUT2D eigenvalue weighted by atomic mass is 32.1.